The topological polar surface area (TPSA) is 20.2 Å². The van der Waals surface area contributed by atoms with E-state index >= 15 is 0 Å². The predicted molar refractivity (Wildman–Crippen MR) is 44.7 cm³/mol. The number of aliphatic hydroxyl groups is 1. The number of rotatable bonds is 1. The molecule has 0 amide bonds. The van der Waals surface area contributed by atoms with Gasteiger partial charge in [-0.25, -0.2) is 0 Å². The Morgan fingerprint density at radius 3 is 2.00 bits per heavy atom. The van der Waals surface area contributed by atoms with Crippen LogP contribution >= 0.6 is 23.5 Å². The largest absolute Gasteiger partial charge is 0.370 e. The quantitative estimate of drug-likeness (QED) is 0.638. The Morgan fingerprint density at radius 2 is 1.78 bits per heavy atom. The Morgan fingerprint density at radius 1 is 1.33 bits per heavy atom. The van der Waals surface area contributed by atoms with Crippen molar-refractivity contribution in [3.63, 3.8) is 0 Å². The minimum absolute atomic E-state index is 0.370. The van der Waals surface area contributed by atoms with Crippen molar-refractivity contribution in [2.75, 3.05) is 11.5 Å². The molecule has 3 heteroatoms. The highest BCUT2D eigenvalue weighted by atomic mass is 32.2. The van der Waals surface area contributed by atoms with E-state index in [0.717, 1.165) is 11.5 Å². The summed E-state index contributed by atoms with van der Waals surface area (Å²) in [7, 11) is 0. The first-order valence-electron chi connectivity index (χ1n) is 3.15. The van der Waals surface area contributed by atoms with Gasteiger partial charge in [0.2, 0.25) is 0 Å². The molecule has 0 aromatic heterocycles. The Hall–Kier alpha value is 0.660. The minimum Gasteiger partial charge on any atom is -0.370 e. The monoisotopic (exact) mass is 164 g/mol. The van der Waals surface area contributed by atoms with Gasteiger partial charge < -0.3 is 5.11 Å². The van der Waals surface area contributed by atoms with Crippen molar-refractivity contribution in [3.05, 3.63) is 0 Å². The zero-order chi connectivity index (χ0) is 6.91. The lowest BCUT2D eigenvalue weighted by Crippen LogP contribution is -2.23. The second-order valence-corrected chi connectivity index (χ2v) is 5.38. The summed E-state index contributed by atoms with van der Waals surface area (Å²) in [6.07, 6.45) is 0. The highest BCUT2D eigenvalue weighted by molar-refractivity contribution is 8.21. The molecular weight excluding hydrogens is 152 g/mol. The zero-order valence-corrected chi connectivity index (χ0v) is 7.39. The molecule has 1 N–H and O–H groups in total. The molecule has 0 aromatic carbocycles. The summed E-state index contributed by atoms with van der Waals surface area (Å²) in [6.45, 7) is 4.12. The fourth-order valence-corrected chi connectivity index (χ4v) is 3.50. The Labute approximate surface area is 64.6 Å². The molecule has 0 spiro atoms. The smallest absolute Gasteiger partial charge is 0.159 e. The third kappa shape index (κ3) is 1.57. The van der Waals surface area contributed by atoms with Crippen molar-refractivity contribution in [2.24, 2.45) is 5.92 Å². The summed E-state index contributed by atoms with van der Waals surface area (Å²) < 4.78 is -0.472. The maximum Gasteiger partial charge on any atom is 0.159 e. The van der Waals surface area contributed by atoms with Crippen LogP contribution in [-0.2, 0) is 0 Å². The van der Waals surface area contributed by atoms with E-state index in [1.807, 2.05) is 0 Å². The van der Waals surface area contributed by atoms with Gasteiger partial charge in [0.25, 0.3) is 0 Å². The van der Waals surface area contributed by atoms with Crippen LogP contribution in [0, 0.1) is 5.92 Å². The van der Waals surface area contributed by atoms with Crippen LogP contribution < -0.4 is 0 Å². The summed E-state index contributed by atoms with van der Waals surface area (Å²) in [6, 6.07) is 0. The molecule has 1 rings (SSSR count). The molecule has 0 saturated carbocycles. The number of thioether (sulfide) groups is 2. The van der Waals surface area contributed by atoms with Crippen LogP contribution in [0.2, 0.25) is 0 Å². The Bertz CT molecular complexity index is 97.2. The lowest BCUT2D eigenvalue weighted by atomic mass is 10.2. The first-order chi connectivity index (χ1) is 4.15. The van der Waals surface area contributed by atoms with E-state index < -0.39 is 4.27 Å². The van der Waals surface area contributed by atoms with Crippen molar-refractivity contribution < 1.29 is 5.11 Å². The molecule has 1 fully saturated rings. The fraction of sp³-hybridized carbons (Fsp3) is 1.00. The van der Waals surface area contributed by atoms with Crippen LogP contribution in [0.3, 0.4) is 0 Å². The highest BCUT2D eigenvalue weighted by Gasteiger charge is 2.35. The molecule has 54 valence electrons. The highest BCUT2D eigenvalue weighted by Crippen LogP contribution is 2.46. The van der Waals surface area contributed by atoms with Crippen LogP contribution in [0.5, 0.6) is 0 Å². The number of hydrogen-bond acceptors (Lipinski definition) is 3. The van der Waals surface area contributed by atoms with Crippen LogP contribution in [0.4, 0.5) is 0 Å². The Kier molecular flexibility index (Phi) is 2.35. The van der Waals surface area contributed by atoms with Gasteiger partial charge in [0.05, 0.1) is 0 Å². The van der Waals surface area contributed by atoms with E-state index in [1.165, 1.54) is 0 Å². The van der Waals surface area contributed by atoms with Gasteiger partial charge in [0, 0.05) is 17.4 Å². The lowest BCUT2D eigenvalue weighted by Gasteiger charge is -2.24. The molecule has 0 atom stereocenters. The molecule has 0 aliphatic carbocycles. The van der Waals surface area contributed by atoms with Crippen LogP contribution in [0.25, 0.3) is 0 Å². The summed E-state index contributed by atoms with van der Waals surface area (Å²) in [5, 5.41) is 9.69. The van der Waals surface area contributed by atoms with Crippen LogP contribution in [-0.4, -0.2) is 20.9 Å². The Balaban J connectivity index is 2.51. The first kappa shape index (κ1) is 7.76. The zero-order valence-electron chi connectivity index (χ0n) is 5.76. The molecule has 1 aliphatic rings. The standard InChI is InChI=1S/C6H12OS2/c1-5(2)6(7)8-3-4-9-6/h5,7H,3-4H2,1-2H3. The van der Waals surface area contributed by atoms with E-state index in [1.54, 1.807) is 23.5 Å². The SMILES string of the molecule is CC(C)C1(O)SCCS1. The molecule has 0 radical (unpaired) electrons. The first-order valence-corrected chi connectivity index (χ1v) is 5.12. The normalized spacial score (nSPS) is 25.3. The molecule has 1 heterocycles. The van der Waals surface area contributed by atoms with Crippen LogP contribution in [0.15, 0.2) is 0 Å². The van der Waals surface area contributed by atoms with Gasteiger partial charge in [-0.3, -0.25) is 0 Å². The average Bonchev–Trinajstić information content (AvgIpc) is 2.16. The fourth-order valence-electron chi connectivity index (χ4n) is 0.751. The van der Waals surface area contributed by atoms with Crippen molar-refractivity contribution in [1.29, 1.82) is 0 Å². The van der Waals surface area contributed by atoms with Crippen molar-refractivity contribution in [2.45, 2.75) is 18.1 Å². The van der Waals surface area contributed by atoms with Crippen molar-refractivity contribution >= 4 is 23.5 Å². The molecule has 1 nitrogen and oxygen atoms in total. The third-order valence-electron chi connectivity index (χ3n) is 1.43. The summed E-state index contributed by atoms with van der Waals surface area (Å²) in [4.78, 5) is 0. The van der Waals surface area contributed by atoms with E-state index in [4.69, 9.17) is 0 Å². The van der Waals surface area contributed by atoms with E-state index in [0.29, 0.717) is 5.92 Å². The van der Waals surface area contributed by atoms with Crippen molar-refractivity contribution in [3.8, 4) is 0 Å². The lowest BCUT2D eigenvalue weighted by molar-refractivity contribution is 0.180. The van der Waals surface area contributed by atoms with Gasteiger partial charge in [0.15, 0.2) is 4.27 Å². The minimum atomic E-state index is -0.472. The average molecular weight is 164 g/mol. The molecule has 0 unspecified atom stereocenters. The third-order valence-corrected chi connectivity index (χ3v) is 4.98. The van der Waals surface area contributed by atoms with Gasteiger partial charge in [0.1, 0.15) is 0 Å². The van der Waals surface area contributed by atoms with E-state index in [-0.39, 0.29) is 0 Å². The predicted octanol–water partition coefficient (Wildman–Crippen LogP) is 1.77. The van der Waals surface area contributed by atoms with Gasteiger partial charge >= 0.3 is 0 Å². The maximum absolute atomic E-state index is 9.69. The molecular formula is C6H12OS2. The molecule has 0 bridgehead atoms. The molecule has 0 aromatic rings. The van der Waals surface area contributed by atoms with E-state index in [9.17, 15) is 5.11 Å². The summed E-state index contributed by atoms with van der Waals surface area (Å²) in [5.74, 6) is 2.56. The van der Waals surface area contributed by atoms with Gasteiger partial charge in [-0.15, -0.1) is 23.5 Å². The summed E-state index contributed by atoms with van der Waals surface area (Å²) >= 11 is 3.34. The summed E-state index contributed by atoms with van der Waals surface area (Å²) in [5.41, 5.74) is 0. The van der Waals surface area contributed by atoms with Crippen molar-refractivity contribution in [1.82, 2.24) is 0 Å². The second kappa shape index (κ2) is 2.72. The van der Waals surface area contributed by atoms with Gasteiger partial charge in [-0.2, -0.15) is 0 Å². The second-order valence-electron chi connectivity index (χ2n) is 2.48. The molecule has 9 heavy (non-hydrogen) atoms. The maximum atomic E-state index is 9.69. The van der Waals surface area contributed by atoms with Gasteiger partial charge in [-0.1, -0.05) is 13.8 Å². The van der Waals surface area contributed by atoms with Crippen LogP contribution in [0.1, 0.15) is 13.8 Å². The number of hydrogen-bond donors (Lipinski definition) is 1. The van der Waals surface area contributed by atoms with Gasteiger partial charge in [-0.05, 0) is 0 Å². The van der Waals surface area contributed by atoms with E-state index in [2.05, 4.69) is 13.8 Å². The molecule has 1 saturated heterocycles. The molecule has 1 aliphatic heterocycles.